The monoisotopic (exact) mass is 242 g/mol. The van der Waals surface area contributed by atoms with Crippen LogP contribution in [0.2, 0.25) is 0 Å². The number of hydrogen-bond donors (Lipinski definition) is 2. The van der Waals surface area contributed by atoms with Crippen molar-refractivity contribution in [2.75, 3.05) is 5.73 Å². The molecule has 0 saturated carbocycles. The van der Waals surface area contributed by atoms with Crippen molar-refractivity contribution in [1.29, 1.82) is 0 Å². The van der Waals surface area contributed by atoms with Gasteiger partial charge in [0.1, 0.15) is 5.25 Å². The van der Waals surface area contributed by atoms with E-state index in [9.17, 15) is 13.2 Å². The molecule has 16 heavy (non-hydrogen) atoms. The lowest BCUT2D eigenvalue weighted by atomic mass is 10.2. The molecule has 88 valence electrons. The second-order valence-electron chi connectivity index (χ2n) is 3.63. The molecule has 0 aliphatic carbocycles. The Morgan fingerprint density at radius 2 is 1.94 bits per heavy atom. The molecule has 1 unspecified atom stereocenters. The van der Waals surface area contributed by atoms with E-state index in [1.807, 2.05) is 0 Å². The van der Waals surface area contributed by atoms with Crippen LogP contribution in [0.4, 0.5) is 5.69 Å². The number of aryl methyl sites for hydroxylation is 1. The first-order chi connectivity index (χ1) is 7.26. The zero-order valence-electron chi connectivity index (χ0n) is 9.10. The molecule has 0 heterocycles. The molecule has 0 aliphatic heterocycles. The summed E-state index contributed by atoms with van der Waals surface area (Å²) in [6.07, 6.45) is 0. The smallest absolute Gasteiger partial charge is 0.235 e. The molecule has 0 saturated heterocycles. The van der Waals surface area contributed by atoms with E-state index in [0.717, 1.165) is 5.56 Å². The van der Waals surface area contributed by atoms with Crippen LogP contribution >= 0.6 is 0 Å². The van der Waals surface area contributed by atoms with Gasteiger partial charge in [0.25, 0.3) is 0 Å². The van der Waals surface area contributed by atoms with E-state index in [1.54, 1.807) is 19.1 Å². The number of hydrogen-bond acceptors (Lipinski definition) is 4. The summed E-state index contributed by atoms with van der Waals surface area (Å²) < 4.78 is 23.8. The summed E-state index contributed by atoms with van der Waals surface area (Å²) in [4.78, 5) is 10.8. The number of nitrogen functional groups attached to an aromatic ring is 1. The third-order valence-corrected chi connectivity index (χ3v) is 4.49. The highest BCUT2D eigenvalue weighted by Gasteiger charge is 2.29. The van der Waals surface area contributed by atoms with Crippen LogP contribution < -0.4 is 11.5 Å². The maximum absolute atomic E-state index is 11.9. The van der Waals surface area contributed by atoms with E-state index in [-0.39, 0.29) is 10.6 Å². The van der Waals surface area contributed by atoms with Crippen LogP contribution in [-0.4, -0.2) is 19.6 Å². The molecule has 0 radical (unpaired) electrons. The second kappa shape index (κ2) is 4.13. The van der Waals surface area contributed by atoms with Crippen LogP contribution in [0.25, 0.3) is 0 Å². The number of sulfone groups is 1. The predicted octanol–water partition coefficient (Wildman–Crippen LogP) is 0.225. The molecule has 1 amide bonds. The maximum Gasteiger partial charge on any atom is 0.235 e. The number of amides is 1. The quantitative estimate of drug-likeness (QED) is 0.740. The molecule has 0 fully saturated rings. The molecule has 0 aromatic heterocycles. The van der Waals surface area contributed by atoms with Crippen molar-refractivity contribution in [3.05, 3.63) is 23.8 Å². The number of carbonyl (C=O) groups is 1. The first-order valence-corrected chi connectivity index (χ1v) is 6.21. The van der Waals surface area contributed by atoms with Gasteiger partial charge in [0.2, 0.25) is 5.91 Å². The van der Waals surface area contributed by atoms with Gasteiger partial charge in [-0.1, -0.05) is 6.07 Å². The Bertz CT molecular complexity index is 523. The van der Waals surface area contributed by atoms with Gasteiger partial charge in [0.15, 0.2) is 9.84 Å². The van der Waals surface area contributed by atoms with Crippen LogP contribution in [0, 0.1) is 6.92 Å². The van der Waals surface area contributed by atoms with E-state index in [1.165, 1.54) is 13.0 Å². The molecule has 0 aliphatic rings. The molecule has 4 N–H and O–H groups in total. The lowest BCUT2D eigenvalue weighted by Gasteiger charge is -2.11. The van der Waals surface area contributed by atoms with Crippen LogP contribution in [0.1, 0.15) is 12.5 Å². The fourth-order valence-corrected chi connectivity index (χ4v) is 2.60. The normalized spacial score (nSPS) is 13.4. The summed E-state index contributed by atoms with van der Waals surface area (Å²) in [5.41, 5.74) is 11.6. The number of rotatable bonds is 3. The van der Waals surface area contributed by atoms with E-state index < -0.39 is 21.0 Å². The van der Waals surface area contributed by atoms with Gasteiger partial charge in [-0.05, 0) is 31.5 Å². The predicted molar refractivity (Wildman–Crippen MR) is 61.4 cm³/mol. The molecule has 0 spiro atoms. The van der Waals surface area contributed by atoms with Gasteiger partial charge < -0.3 is 11.5 Å². The van der Waals surface area contributed by atoms with Crippen molar-refractivity contribution in [3.63, 3.8) is 0 Å². The average molecular weight is 242 g/mol. The minimum absolute atomic E-state index is 0.0515. The summed E-state index contributed by atoms with van der Waals surface area (Å²) >= 11 is 0. The summed E-state index contributed by atoms with van der Waals surface area (Å²) in [6.45, 7) is 3.04. The Balaban J connectivity index is 3.33. The standard InChI is InChI=1S/C10H14N2O3S/c1-6-3-4-9(8(11)5-6)16(14,15)7(2)10(12)13/h3-5,7H,11H2,1-2H3,(H2,12,13). The largest absolute Gasteiger partial charge is 0.398 e. The lowest BCUT2D eigenvalue weighted by Crippen LogP contribution is -2.33. The highest BCUT2D eigenvalue weighted by molar-refractivity contribution is 7.93. The summed E-state index contributed by atoms with van der Waals surface area (Å²) in [6, 6.07) is 4.55. The fraction of sp³-hybridized carbons (Fsp3) is 0.300. The van der Waals surface area contributed by atoms with Gasteiger partial charge in [0, 0.05) is 0 Å². The van der Waals surface area contributed by atoms with Crippen molar-refractivity contribution in [3.8, 4) is 0 Å². The van der Waals surface area contributed by atoms with Crippen LogP contribution in [0.15, 0.2) is 23.1 Å². The van der Waals surface area contributed by atoms with Crippen LogP contribution in [0.3, 0.4) is 0 Å². The van der Waals surface area contributed by atoms with Crippen molar-refractivity contribution < 1.29 is 13.2 Å². The van der Waals surface area contributed by atoms with E-state index >= 15 is 0 Å². The Hall–Kier alpha value is -1.56. The second-order valence-corrected chi connectivity index (χ2v) is 5.87. The molecule has 1 rings (SSSR count). The van der Waals surface area contributed by atoms with Gasteiger partial charge in [0.05, 0.1) is 10.6 Å². The Kier molecular flexibility index (Phi) is 3.23. The SMILES string of the molecule is Cc1ccc(S(=O)(=O)C(C)C(N)=O)c(N)c1. The highest BCUT2D eigenvalue weighted by atomic mass is 32.2. The maximum atomic E-state index is 11.9. The number of benzene rings is 1. The highest BCUT2D eigenvalue weighted by Crippen LogP contribution is 2.23. The summed E-state index contributed by atoms with van der Waals surface area (Å²) in [5, 5.41) is -1.28. The van der Waals surface area contributed by atoms with Crippen molar-refractivity contribution >= 4 is 21.4 Å². The minimum Gasteiger partial charge on any atom is -0.398 e. The minimum atomic E-state index is -3.79. The van der Waals surface area contributed by atoms with E-state index in [2.05, 4.69) is 0 Å². The van der Waals surface area contributed by atoms with Crippen LogP contribution in [-0.2, 0) is 14.6 Å². The number of carbonyl (C=O) groups excluding carboxylic acids is 1. The third-order valence-electron chi connectivity index (χ3n) is 2.34. The number of anilines is 1. The molecular formula is C10H14N2O3S. The zero-order chi connectivity index (χ0) is 12.5. The van der Waals surface area contributed by atoms with Crippen molar-refractivity contribution in [2.24, 2.45) is 5.73 Å². The Labute approximate surface area is 94.4 Å². The zero-order valence-corrected chi connectivity index (χ0v) is 9.91. The van der Waals surface area contributed by atoms with Gasteiger partial charge >= 0.3 is 0 Å². The van der Waals surface area contributed by atoms with Gasteiger partial charge in [-0.15, -0.1) is 0 Å². The summed E-state index contributed by atoms with van der Waals surface area (Å²) in [7, 11) is -3.79. The third kappa shape index (κ3) is 2.16. The Morgan fingerprint density at radius 1 is 1.38 bits per heavy atom. The molecule has 5 nitrogen and oxygen atoms in total. The first-order valence-electron chi connectivity index (χ1n) is 4.66. The summed E-state index contributed by atoms with van der Waals surface area (Å²) in [5.74, 6) is -0.889. The Morgan fingerprint density at radius 3 is 2.38 bits per heavy atom. The average Bonchev–Trinajstić information content (AvgIpc) is 2.15. The molecule has 1 aromatic carbocycles. The molecule has 1 atom stereocenters. The number of primary amides is 1. The van der Waals surface area contributed by atoms with E-state index in [0.29, 0.717) is 0 Å². The number of nitrogens with two attached hydrogens (primary N) is 2. The van der Waals surface area contributed by atoms with Crippen molar-refractivity contribution in [2.45, 2.75) is 24.0 Å². The fourth-order valence-electron chi connectivity index (χ4n) is 1.27. The molecule has 1 aromatic rings. The molecule has 0 bridgehead atoms. The van der Waals surface area contributed by atoms with E-state index in [4.69, 9.17) is 11.5 Å². The topological polar surface area (TPSA) is 103 Å². The molecular weight excluding hydrogens is 228 g/mol. The van der Waals surface area contributed by atoms with Gasteiger partial charge in [-0.25, -0.2) is 8.42 Å². The lowest BCUT2D eigenvalue weighted by molar-refractivity contribution is -0.117. The van der Waals surface area contributed by atoms with Gasteiger partial charge in [-0.2, -0.15) is 0 Å². The van der Waals surface area contributed by atoms with Gasteiger partial charge in [-0.3, -0.25) is 4.79 Å². The molecule has 6 heteroatoms. The first kappa shape index (κ1) is 12.5. The van der Waals surface area contributed by atoms with Crippen molar-refractivity contribution in [1.82, 2.24) is 0 Å². The van der Waals surface area contributed by atoms with Crippen LogP contribution in [0.5, 0.6) is 0 Å².